The summed E-state index contributed by atoms with van der Waals surface area (Å²) in [5.41, 5.74) is 1.92. The number of methoxy groups -OCH3 is 1. The van der Waals surface area contributed by atoms with Crippen molar-refractivity contribution in [2.24, 2.45) is 0 Å². The standard InChI is InChI=1S/C24H30Cl2N2O3S/c1-5-22(24(30)27-16(2)3)28(13-17-6-9-19(31-4)10-7-17)23(29)15-32-14-18-8-11-20(25)21(26)12-18/h6-12,16,22H,5,13-15H2,1-4H3,(H,27,30). The Labute approximate surface area is 204 Å². The number of thioether (sulfide) groups is 1. The molecule has 0 aliphatic rings. The van der Waals surface area contributed by atoms with Crippen molar-refractivity contribution in [1.82, 2.24) is 10.2 Å². The maximum absolute atomic E-state index is 13.2. The number of amides is 2. The quantitative estimate of drug-likeness (QED) is 0.441. The molecule has 0 aromatic heterocycles. The topological polar surface area (TPSA) is 58.6 Å². The summed E-state index contributed by atoms with van der Waals surface area (Å²) in [5.74, 6) is 1.39. The van der Waals surface area contributed by atoms with Gasteiger partial charge in [-0.05, 0) is 55.7 Å². The summed E-state index contributed by atoms with van der Waals surface area (Å²) in [4.78, 5) is 27.7. The number of halogens is 2. The Bertz CT molecular complexity index is 907. The van der Waals surface area contributed by atoms with E-state index in [0.29, 0.717) is 28.8 Å². The van der Waals surface area contributed by atoms with E-state index in [1.165, 1.54) is 11.8 Å². The highest BCUT2D eigenvalue weighted by molar-refractivity contribution is 7.99. The highest BCUT2D eigenvalue weighted by atomic mass is 35.5. The van der Waals surface area contributed by atoms with Gasteiger partial charge in [-0.3, -0.25) is 9.59 Å². The first kappa shape index (κ1) is 26.4. The van der Waals surface area contributed by atoms with Crippen molar-refractivity contribution in [3.63, 3.8) is 0 Å². The maximum Gasteiger partial charge on any atom is 0.243 e. The molecule has 2 amide bonds. The average molecular weight is 497 g/mol. The van der Waals surface area contributed by atoms with Crippen LogP contribution in [0.5, 0.6) is 5.75 Å². The number of benzene rings is 2. The first-order valence-corrected chi connectivity index (χ1v) is 12.4. The van der Waals surface area contributed by atoms with E-state index in [2.05, 4.69) is 5.32 Å². The van der Waals surface area contributed by atoms with Gasteiger partial charge >= 0.3 is 0 Å². The van der Waals surface area contributed by atoms with Crippen molar-refractivity contribution in [1.29, 1.82) is 0 Å². The Morgan fingerprint density at radius 1 is 1.06 bits per heavy atom. The molecular weight excluding hydrogens is 467 g/mol. The van der Waals surface area contributed by atoms with Crippen molar-refractivity contribution in [3.05, 3.63) is 63.6 Å². The maximum atomic E-state index is 13.2. The number of ether oxygens (including phenoxy) is 1. The van der Waals surface area contributed by atoms with Crippen LogP contribution in [0, 0.1) is 0 Å². The van der Waals surface area contributed by atoms with E-state index < -0.39 is 6.04 Å². The predicted molar refractivity (Wildman–Crippen MR) is 134 cm³/mol. The van der Waals surface area contributed by atoms with Gasteiger partial charge in [-0.2, -0.15) is 0 Å². The molecule has 0 radical (unpaired) electrons. The van der Waals surface area contributed by atoms with Gasteiger partial charge in [-0.1, -0.05) is 48.3 Å². The molecule has 2 aromatic carbocycles. The Balaban J connectivity index is 2.13. The molecule has 0 fully saturated rings. The third kappa shape index (κ3) is 7.91. The Kier molecular flexibility index (Phi) is 10.7. The highest BCUT2D eigenvalue weighted by Crippen LogP contribution is 2.25. The normalized spacial score (nSPS) is 11.8. The van der Waals surface area contributed by atoms with Gasteiger partial charge in [0, 0.05) is 18.3 Å². The molecule has 8 heteroatoms. The SMILES string of the molecule is CCC(C(=O)NC(C)C)N(Cc1ccc(OC)cc1)C(=O)CSCc1ccc(Cl)c(Cl)c1. The summed E-state index contributed by atoms with van der Waals surface area (Å²) in [6, 6.07) is 12.4. The van der Waals surface area contributed by atoms with Crippen molar-refractivity contribution in [2.45, 2.75) is 51.6 Å². The number of rotatable bonds is 11. The van der Waals surface area contributed by atoms with Crippen LogP contribution in [0.4, 0.5) is 0 Å². The van der Waals surface area contributed by atoms with E-state index in [1.54, 1.807) is 24.1 Å². The number of nitrogens with zero attached hydrogens (tertiary/aromatic N) is 1. The number of carbonyl (C=O) groups is 2. The number of hydrogen-bond donors (Lipinski definition) is 1. The molecule has 0 aliphatic carbocycles. The molecule has 0 heterocycles. The van der Waals surface area contributed by atoms with E-state index >= 15 is 0 Å². The third-order valence-electron chi connectivity index (χ3n) is 4.81. The van der Waals surface area contributed by atoms with Gasteiger partial charge in [0.2, 0.25) is 11.8 Å². The second-order valence-electron chi connectivity index (χ2n) is 7.70. The van der Waals surface area contributed by atoms with Crippen molar-refractivity contribution >= 4 is 46.8 Å². The van der Waals surface area contributed by atoms with Gasteiger partial charge in [0.1, 0.15) is 11.8 Å². The zero-order valence-corrected chi connectivity index (χ0v) is 21.2. The second-order valence-corrected chi connectivity index (χ2v) is 9.50. The summed E-state index contributed by atoms with van der Waals surface area (Å²) in [7, 11) is 1.61. The average Bonchev–Trinajstić information content (AvgIpc) is 2.76. The van der Waals surface area contributed by atoms with Crippen molar-refractivity contribution < 1.29 is 14.3 Å². The summed E-state index contributed by atoms with van der Waals surface area (Å²) >= 11 is 13.5. The van der Waals surface area contributed by atoms with Crippen LogP contribution in [0.3, 0.4) is 0 Å². The first-order chi connectivity index (χ1) is 15.2. The van der Waals surface area contributed by atoms with Crippen molar-refractivity contribution in [2.75, 3.05) is 12.9 Å². The lowest BCUT2D eigenvalue weighted by atomic mass is 10.1. The fourth-order valence-electron chi connectivity index (χ4n) is 3.20. The van der Waals surface area contributed by atoms with Gasteiger partial charge in [0.05, 0.1) is 22.9 Å². The molecule has 0 bridgehead atoms. The molecule has 1 N–H and O–H groups in total. The van der Waals surface area contributed by atoms with Crippen LogP contribution in [0.25, 0.3) is 0 Å². The third-order valence-corrected chi connectivity index (χ3v) is 6.53. The number of carbonyl (C=O) groups excluding carboxylic acids is 2. The summed E-state index contributed by atoms with van der Waals surface area (Å²) in [6.45, 7) is 6.09. The van der Waals surface area contributed by atoms with E-state index in [-0.39, 0.29) is 23.6 Å². The van der Waals surface area contributed by atoms with Crippen molar-refractivity contribution in [3.8, 4) is 5.75 Å². The van der Waals surface area contributed by atoms with Crippen LogP contribution < -0.4 is 10.1 Å². The van der Waals surface area contributed by atoms with E-state index in [0.717, 1.165) is 16.9 Å². The van der Waals surface area contributed by atoms with Gasteiger partial charge in [-0.25, -0.2) is 0 Å². The van der Waals surface area contributed by atoms with Crippen LogP contribution >= 0.6 is 35.0 Å². The van der Waals surface area contributed by atoms with Gasteiger partial charge < -0.3 is 15.0 Å². The zero-order valence-electron chi connectivity index (χ0n) is 18.9. The summed E-state index contributed by atoms with van der Waals surface area (Å²) in [5, 5.41) is 3.94. The molecule has 5 nitrogen and oxygen atoms in total. The minimum atomic E-state index is -0.544. The molecule has 1 atom stereocenters. The number of nitrogens with one attached hydrogen (secondary N) is 1. The van der Waals surface area contributed by atoms with Crippen LogP contribution in [-0.2, 0) is 21.9 Å². The van der Waals surface area contributed by atoms with E-state index in [9.17, 15) is 9.59 Å². The molecule has 0 spiro atoms. The van der Waals surface area contributed by atoms with E-state index in [1.807, 2.05) is 51.1 Å². The first-order valence-electron chi connectivity index (χ1n) is 10.5. The van der Waals surface area contributed by atoms with Crippen LogP contribution in [0.15, 0.2) is 42.5 Å². The fourth-order valence-corrected chi connectivity index (χ4v) is 4.37. The molecule has 32 heavy (non-hydrogen) atoms. The van der Waals surface area contributed by atoms with Crippen LogP contribution in [0.2, 0.25) is 10.0 Å². The van der Waals surface area contributed by atoms with Crippen LogP contribution in [0.1, 0.15) is 38.3 Å². The highest BCUT2D eigenvalue weighted by Gasteiger charge is 2.28. The lowest BCUT2D eigenvalue weighted by molar-refractivity contribution is -0.139. The smallest absolute Gasteiger partial charge is 0.243 e. The Morgan fingerprint density at radius 3 is 2.28 bits per heavy atom. The van der Waals surface area contributed by atoms with Gasteiger partial charge in [-0.15, -0.1) is 11.8 Å². The summed E-state index contributed by atoms with van der Waals surface area (Å²) in [6.07, 6.45) is 0.526. The predicted octanol–water partition coefficient (Wildman–Crippen LogP) is 5.57. The lowest BCUT2D eigenvalue weighted by Crippen LogP contribution is -2.50. The zero-order chi connectivity index (χ0) is 23.7. The molecule has 0 aliphatic heterocycles. The molecule has 2 rings (SSSR count). The molecule has 174 valence electrons. The Morgan fingerprint density at radius 2 is 1.72 bits per heavy atom. The number of hydrogen-bond acceptors (Lipinski definition) is 4. The molecule has 2 aromatic rings. The Hall–Kier alpha value is -1.89. The van der Waals surface area contributed by atoms with E-state index in [4.69, 9.17) is 27.9 Å². The fraction of sp³-hybridized carbons (Fsp3) is 0.417. The second kappa shape index (κ2) is 13.0. The van der Waals surface area contributed by atoms with Gasteiger partial charge in [0.25, 0.3) is 0 Å². The lowest BCUT2D eigenvalue weighted by Gasteiger charge is -2.31. The van der Waals surface area contributed by atoms with Crippen LogP contribution in [-0.4, -0.2) is 41.7 Å². The molecule has 0 saturated heterocycles. The molecule has 0 saturated carbocycles. The minimum Gasteiger partial charge on any atom is -0.497 e. The molecular formula is C24H30Cl2N2O3S. The summed E-state index contributed by atoms with van der Waals surface area (Å²) < 4.78 is 5.22. The minimum absolute atomic E-state index is 0.00137. The largest absolute Gasteiger partial charge is 0.497 e. The molecule has 1 unspecified atom stereocenters. The monoisotopic (exact) mass is 496 g/mol. The van der Waals surface area contributed by atoms with Gasteiger partial charge in [0.15, 0.2) is 0 Å².